The Labute approximate surface area is 148 Å². The molecule has 138 valence electrons. The fourth-order valence-corrected chi connectivity index (χ4v) is 4.75. The van der Waals surface area contributed by atoms with Gasteiger partial charge in [-0.3, -0.25) is 20.4 Å². The molecule has 1 heterocycles. The van der Waals surface area contributed by atoms with E-state index >= 15 is 0 Å². The van der Waals surface area contributed by atoms with Crippen molar-refractivity contribution in [1.82, 2.24) is 15.2 Å². The minimum Gasteiger partial charge on any atom is -0.325 e. The van der Waals surface area contributed by atoms with Gasteiger partial charge >= 0.3 is 0 Å². The second kappa shape index (κ2) is 7.61. The third-order valence-corrected chi connectivity index (χ3v) is 6.75. The van der Waals surface area contributed by atoms with Crippen LogP contribution in [0.4, 0.5) is 5.69 Å². The molecule has 0 saturated carbocycles. The van der Waals surface area contributed by atoms with Crippen LogP contribution in [-0.2, 0) is 14.8 Å². The van der Waals surface area contributed by atoms with Gasteiger partial charge in [-0.2, -0.15) is 4.31 Å². The molecule has 0 spiro atoms. The maximum absolute atomic E-state index is 12.7. The number of rotatable bonds is 6. The average Bonchev–Trinajstić information content (AvgIpc) is 2.87. The first-order valence-corrected chi connectivity index (χ1v) is 9.50. The van der Waals surface area contributed by atoms with Crippen LogP contribution in [0.5, 0.6) is 0 Å². The molecule has 1 saturated heterocycles. The molecule has 2 atom stereocenters. The molecule has 0 aliphatic carbocycles. The molecule has 8 nitrogen and oxygen atoms in total. The number of benzene rings is 1. The van der Waals surface area contributed by atoms with E-state index in [-0.39, 0.29) is 24.4 Å². The molecule has 2 unspecified atom stereocenters. The summed E-state index contributed by atoms with van der Waals surface area (Å²) in [4.78, 5) is 23.4. The third kappa shape index (κ3) is 4.43. The number of carbonyl (C=O) groups is 2. The maximum Gasteiger partial charge on any atom is 0.239 e. The number of likely N-dealkylation sites (N-methyl/N-ethyl adjacent to an activating group) is 1. The van der Waals surface area contributed by atoms with E-state index in [4.69, 9.17) is 0 Å². The molecule has 1 aliphatic rings. The van der Waals surface area contributed by atoms with Gasteiger partial charge in [0.15, 0.2) is 5.78 Å². The molecule has 0 aromatic heterocycles. The zero-order valence-corrected chi connectivity index (χ0v) is 15.6. The van der Waals surface area contributed by atoms with Crippen molar-refractivity contribution >= 4 is 27.4 Å². The summed E-state index contributed by atoms with van der Waals surface area (Å²) >= 11 is 0. The largest absolute Gasteiger partial charge is 0.325 e. The number of Topliss-reactive ketones (excluding diaryl/α,β-unsaturated/α-hetero) is 1. The van der Waals surface area contributed by atoms with Crippen LogP contribution in [-0.4, -0.2) is 55.3 Å². The minimum absolute atomic E-state index is 0.0641. The second-order valence-electron chi connectivity index (χ2n) is 6.31. The Morgan fingerprint density at radius 1 is 1.12 bits per heavy atom. The molecular formula is C16H24N4O4S. The third-order valence-electron chi connectivity index (χ3n) is 4.24. The van der Waals surface area contributed by atoms with Crippen molar-refractivity contribution in [1.29, 1.82) is 0 Å². The molecule has 2 rings (SSSR count). The van der Waals surface area contributed by atoms with Crippen molar-refractivity contribution in [2.75, 3.05) is 18.9 Å². The lowest BCUT2D eigenvalue weighted by Gasteiger charge is -2.25. The highest BCUT2D eigenvalue weighted by atomic mass is 32.2. The lowest BCUT2D eigenvalue weighted by molar-refractivity contribution is -0.116. The number of ketones is 1. The fourth-order valence-electron chi connectivity index (χ4n) is 2.86. The summed E-state index contributed by atoms with van der Waals surface area (Å²) in [5.41, 5.74) is 6.86. The predicted octanol–water partition coefficient (Wildman–Crippen LogP) is 0.343. The van der Waals surface area contributed by atoms with Crippen molar-refractivity contribution in [3.8, 4) is 0 Å². The molecule has 1 aliphatic heterocycles. The molecule has 0 radical (unpaired) electrons. The summed E-state index contributed by atoms with van der Waals surface area (Å²) in [6.07, 6.45) is 0. The quantitative estimate of drug-likeness (QED) is 0.625. The summed E-state index contributed by atoms with van der Waals surface area (Å²) in [6, 6.07) is 5.92. The SMILES string of the molecule is CC(=O)c1ccc(NC(=O)CN(C)S(=O)(=O)C2C(C)NNC2C)cc1. The Hall–Kier alpha value is -1.81. The molecule has 1 aromatic carbocycles. The van der Waals surface area contributed by atoms with Gasteiger partial charge < -0.3 is 5.32 Å². The summed E-state index contributed by atoms with van der Waals surface area (Å²) in [5, 5.41) is 1.98. The van der Waals surface area contributed by atoms with E-state index in [2.05, 4.69) is 16.2 Å². The summed E-state index contributed by atoms with van der Waals surface area (Å²) in [5.74, 6) is -0.508. The van der Waals surface area contributed by atoms with Gasteiger partial charge in [-0.15, -0.1) is 0 Å². The van der Waals surface area contributed by atoms with E-state index in [9.17, 15) is 18.0 Å². The first-order chi connectivity index (χ1) is 11.6. The van der Waals surface area contributed by atoms with Crippen LogP contribution in [0.15, 0.2) is 24.3 Å². The maximum atomic E-state index is 12.7. The van der Waals surface area contributed by atoms with Crippen LogP contribution in [0, 0.1) is 0 Å². The smallest absolute Gasteiger partial charge is 0.239 e. The van der Waals surface area contributed by atoms with Crippen LogP contribution >= 0.6 is 0 Å². The van der Waals surface area contributed by atoms with Crippen molar-refractivity contribution < 1.29 is 18.0 Å². The van der Waals surface area contributed by atoms with Gasteiger partial charge in [-0.25, -0.2) is 8.42 Å². The van der Waals surface area contributed by atoms with E-state index in [0.717, 1.165) is 4.31 Å². The van der Waals surface area contributed by atoms with Crippen LogP contribution in [0.1, 0.15) is 31.1 Å². The topological polar surface area (TPSA) is 108 Å². The van der Waals surface area contributed by atoms with Crippen LogP contribution < -0.4 is 16.2 Å². The summed E-state index contributed by atoms with van der Waals surface area (Å²) in [7, 11) is -2.25. The number of hydrogen-bond donors (Lipinski definition) is 3. The van der Waals surface area contributed by atoms with Crippen molar-refractivity contribution in [3.63, 3.8) is 0 Å². The highest BCUT2D eigenvalue weighted by Gasteiger charge is 2.42. The molecule has 9 heteroatoms. The molecule has 1 amide bonds. The molecule has 1 aromatic rings. The van der Waals surface area contributed by atoms with Gasteiger partial charge in [-0.1, -0.05) is 0 Å². The van der Waals surface area contributed by atoms with Crippen LogP contribution in [0.2, 0.25) is 0 Å². The molecule has 3 N–H and O–H groups in total. The molecule has 1 fully saturated rings. The Morgan fingerprint density at radius 2 is 1.64 bits per heavy atom. The highest BCUT2D eigenvalue weighted by Crippen LogP contribution is 2.19. The molecule has 25 heavy (non-hydrogen) atoms. The number of sulfonamides is 1. The second-order valence-corrected chi connectivity index (χ2v) is 8.51. The summed E-state index contributed by atoms with van der Waals surface area (Å²) < 4.78 is 26.4. The number of nitrogens with one attached hydrogen (secondary N) is 3. The van der Waals surface area contributed by atoms with Gasteiger partial charge in [0, 0.05) is 30.4 Å². The Bertz CT molecular complexity index is 738. The van der Waals surface area contributed by atoms with E-state index in [0.29, 0.717) is 11.3 Å². The first-order valence-electron chi connectivity index (χ1n) is 8.00. The fraction of sp³-hybridized carbons (Fsp3) is 0.500. The van der Waals surface area contributed by atoms with Gasteiger partial charge in [0.1, 0.15) is 5.25 Å². The zero-order valence-electron chi connectivity index (χ0n) is 14.7. The van der Waals surface area contributed by atoms with E-state index in [1.165, 1.54) is 14.0 Å². The first kappa shape index (κ1) is 19.5. The predicted molar refractivity (Wildman–Crippen MR) is 95.6 cm³/mol. The number of nitrogens with zero attached hydrogens (tertiary/aromatic N) is 1. The summed E-state index contributed by atoms with van der Waals surface area (Å²) in [6.45, 7) is 4.74. The number of anilines is 1. The standard InChI is InChI=1S/C16H24N4O4S/c1-10-16(11(2)19-18-10)25(23,24)20(4)9-15(22)17-14-7-5-13(6-8-14)12(3)21/h5-8,10-11,16,18-19H,9H2,1-4H3,(H,17,22). The monoisotopic (exact) mass is 368 g/mol. The van der Waals surface area contributed by atoms with Crippen molar-refractivity contribution in [3.05, 3.63) is 29.8 Å². The Morgan fingerprint density at radius 3 is 2.12 bits per heavy atom. The Kier molecular flexibility index (Phi) is 5.94. The number of hydrazine groups is 1. The number of hydrogen-bond acceptors (Lipinski definition) is 6. The van der Waals surface area contributed by atoms with E-state index in [1.54, 1.807) is 38.1 Å². The lowest BCUT2D eigenvalue weighted by atomic mass is 10.1. The average molecular weight is 368 g/mol. The van der Waals surface area contributed by atoms with Gasteiger partial charge in [-0.05, 0) is 45.0 Å². The van der Waals surface area contributed by atoms with Crippen molar-refractivity contribution in [2.24, 2.45) is 0 Å². The zero-order chi connectivity index (χ0) is 18.8. The van der Waals surface area contributed by atoms with Gasteiger partial charge in [0.05, 0.1) is 6.54 Å². The number of amides is 1. The normalized spacial score (nSPS) is 23.6. The molecular weight excluding hydrogens is 344 g/mol. The van der Waals surface area contributed by atoms with E-state index < -0.39 is 21.2 Å². The van der Waals surface area contributed by atoms with Gasteiger partial charge in [0.25, 0.3) is 0 Å². The van der Waals surface area contributed by atoms with Crippen LogP contribution in [0.3, 0.4) is 0 Å². The van der Waals surface area contributed by atoms with Crippen LogP contribution in [0.25, 0.3) is 0 Å². The molecule has 0 bridgehead atoms. The van der Waals surface area contributed by atoms with Crippen molar-refractivity contribution in [2.45, 2.75) is 38.1 Å². The highest BCUT2D eigenvalue weighted by molar-refractivity contribution is 7.89. The lowest BCUT2D eigenvalue weighted by Crippen LogP contribution is -2.47. The van der Waals surface area contributed by atoms with Gasteiger partial charge in [0.2, 0.25) is 15.9 Å². The van der Waals surface area contributed by atoms with E-state index in [1.807, 2.05) is 0 Å². The number of carbonyl (C=O) groups excluding carboxylic acids is 2. The minimum atomic E-state index is -3.64. The Balaban J connectivity index is 2.00.